The van der Waals surface area contributed by atoms with Crippen LogP contribution >= 0.6 is 0 Å². The Hall–Kier alpha value is -1.59. The first-order valence-electron chi connectivity index (χ1n) is 8.69. The molecule has 1 fully saturated rings. The third kappa shape index (κ3) is 2.38. The van der Waals surface area contributed by atoms with Crippen molar-refractivity contribution in [2.75, 3.05) is 0 Å². The monoisotopic (exact) mass is 357 g/mol. The van der Waals surface area contributed by atoms with E-state index < -0.39 is 26.2 Å². The summed E-state index contributed by atoms with van der Waals surface area (Å²) in [7, 11) is 55.7. The number of aromatic nitrogens is 5. The maximum atomic E-state index is 6.51. The molecule has 0 amide bonds. The summed E-state index contributed by atoms with van der Waals surface area (Å²) in [6.45, 7) is -0.166. The Morgan fingerprint density at radius 1 is 0.862 bits per heavy atom. The molecule has 3 heterocycles. The summed E-state index contributed by atoms with van der Waals surface area (Å²) >= 11 is 0. The third-order valence-electron chi connectivity index (χ3n) is 6.20. The van der Waals surface area contributed by atoms with Gasteiger partial charge in [0.2, 0.25) is 0 Å². The van der Waals surface area contributed by atoms with E-state index in [1.54, 1.807) is 18.6 Å². The van der Waals surface area contributed by atoms with Gasteiger partial charge in [0.15, 0.2) is 0 Å². The molecular weight excluding hydrogens is 348 g/mol. The fourth-order valence-corrected chi connectivity index (χ4v) is 3.96. The molecule has 5 nitrogen and oxygen atoms in total. The molecule has 0 bridgehead atoms. The highest BCUT2D eigenvalue weighted by Crippen LogP contribution is 2.86. The van der Waals surface area contributed by atoms with Crippen molar-refractivity contribution in [3.8, 4) is 11.3 Å². The van der Waals surface area contributed by atoms with Crippen LogP contribution in [0.5, 0.6) is 0 Å². The van der Waals surface area contributed by atoms with Gasteiger partial charge in [-0.05, 0) is 6.07 Å². The zero-order valence-corrected chi connectivity index (χ0v) is 15.6. The van der Waals surface area contributed by atoms with Crippen molar-refractivity contribution in [3.05, 3.63) is 31.0 Å². The Kier molecular flexibility index (Phi) is 4.26. The summed E-state index contributed by atoms with van der Waals surface area (Å²) in [5, 5.41) is -4.96. The smallest absolute Gasteiger partial charge is 0.141 e. The molecule has 1 N–H and O–H groups in total. The van der Waals surface area contributed by atoms with E-state index in [1.807, 2.05) is 6.07 Å². The molecule has 1 saturated carbocycles. The van der Waals surface area contributed by atoms with Crippen LogP contribution in [-0.4, -0.2) is 95.3 Å². The molecule has 14 heteroatoms. The van der Waals surface area contributed by atoms with Gasteiger partial charge >= 0.3 is 0 Å². The molecule has 0 aliphatic heterocycles. The Bertz CT molecular complexity index is 1060. The molecule has 0 atom stereocenters. The minimum atomic E-state index is -2.09. The first-order valence-corrected chi connectivity index (χ1v) is 8.69. The topological polar surface area (TPSA) is 59.4 Å². The fraction of sp³-hybridized carbons (Fsp3) is 0.400. The quantitative estimate of drug-likeness (QED) is 0.612. The lowest BCUT2D eigenvalue weighted by Gasteiger charge is -2.53. The summed E-state index contributed by atoms with van der Waals surface area (Å²) in [5.41, 5.74) is 2.04. The zero-order chi connectivity index (χ0) is 21.5. The molecule has 3 aromatic rings. The van der Waals surface area contributed by atoms with Gasteiger partial charge in [-0.3, -0.25) is 4.68 Å². The number of rotatable bonds is 3. The lowest BCUT2D eigenvalue weighted by atomic mass is 9.17. The summed E-state index contributed by atoms with van der Waals surface area (Å²) in [4.78, 5) is 11.5. The summed E-state index contributed by atoms with van der Waals surface area (Å²) in [5.74, 6) is 0. The fourth-order valence-electron chi connectivity index (χ4n) is 3.96. The minimum Gasteiger partial charge on any atom is -0.346 e. The SMILES string of the molecule is [B]C1([B])C([B])([B])C([B])([B])C([B])(Cn2cc(-c3ncnc4[nH]ccc34)cn2)C1([B])[B]. The molecule has 1 aliphatic rings. The van der Waals surface area contributed by atoms with Gasteiger partial charge in [0.05, 0.1) is 82.5 Å². The maximum absolute atomic E-state index is 6.51. The van der Waals surface area contributed by atoms with E-state index in [0.717, 1.165) is 5.39 Å². The predicted molar refractivity (Wildman–Crippen MR) is 120 cm³/mol. The van der Waals surface area contributed by atoms with Crippen LogP contribution in [0.3, 0.4) is 0 Å². The van der Waals surface area contributed by atoms with Crippen molar-refractivity contribution in [2.24, 2.45) is 0 Å². The predicted octanol–water partition coefficient (Wildman–Crippen LogP) is -1.03. The summed E-state index contributed by atoms with van der Waals surface area (Å²) < 4.78 is 1.45. The van der Waals surface area contributed by atoms with E-state index in [-0.39, 0.29) is 6.54 Å². The van der Waals surface area contributed by atoms with Gasteiger partial charge in [-0.1, -0.05) is 5.31 Å². The Balaban J connectivity index is 1.76. The Morgan fingerprint density at radius 2 is 1.48 bits per heavy atom. The molecular formula is C15H8B9N5. The minimum absolute atomic E-state index is 0.166. The summed E-state index contributed by atoms with van der Waals surface area (Å²) in [6.07, 6.45) is 6.47. The van der Waals surface area contributed by atoms with Crippen LogP contribution in [0.2, 0.25) is 26.2 Å². The summed E-state index contributed by atoms with van der Waals surface area (Å²) in [6, 6.07) is 1.85. The van der Waals surface area contributed by atoms with Crippen LogP contribution in [0.4, 0.5) is 0 Å². The van der Waals surface area contributed by atoms with Gasteiger partial charge in [0.25, 0.3) is 0 Å². The van der Waals surface area contributed by atoms with Gasteiger partial charge < -0.3 is 4.98 Å². The number of aromatic amines is 1. The third-order valence-corrected chi connectivity index (χ3v) is 6.20. The zero-order valence-electron chi connectivity index (χ0n) is 15.6. The number of hydrogen-bond donors (Lipinski definition) is 1. The van der Waals surface area contributed by atoms with Crippen LogP contribution in [0.1, 0.15) is 0 Å². The van der Waals surface area contributed by atoms with Crippen molar-refractivity contribution in [2.45, 2.75) is 32.7 Å². The van der Waals surface area contributed by atoms with Gasteiger partial charge in [-0.15, -0.1) is 20.9 Å². The van der Waals surface area contributed by atoms with Crippen molar-refractivity contribution in [3.63, 3.8) is 0 Å². The molecule has 29 heavy (non-hydrogen) atoms. The van der Waals surface area contributed by atoms with Gasteiger partial charge in [0.1, 0.15) is 12.0 Å². The normalized spacial score (nSPS) is 23.2. The molecule has 120 valence electrons. The lowest BCUT2D eigenvalue weighted by molar-refractivity contribution is 0.406. The Labute approximate surface area is 181 Å². The average Bonchev–Trinajstić information content (AvgIpc) is 3.30. The second-order valence-electron chi connectivity index (χ2n) is 7.84. The number of hydrogen-bond acceptors (Lipinski definition) is 3. The van der Waals surface area contributed by atoms with Gasteiger partial charge in [0, 0.05) is 29.9 Å². The van der Waals surface area contributed by atoms with Crippen molar-refractivity contribution >= 4 is 81.6 Å². The second-order valence-corrected chi connectivity index (χ2v) is 7.84. The Morgan fingerprint density at radius 3 is 2.10 bits per heavy atom. The number of nitrogens with one attached hydrogen (secondary N) is 1. The highest BCUT2D eigenvalue weighted by molar-refractivity contribution is 6.71. The molecule has 1 aliphatic carbocycles. The molecule has 0 spiro atoms. The van der Waals surface area contributed by atoms with Crippen molar-refractivity contribution in [1.82, 2.24) is 24.7 Å². The number of nitrogens with zero attached hydrogens (tertiary/aromatic N) is 4. The van der Waals surface area contributed by atoms with Crippen LogP contribution in [0.25, 0.3) is 22.3 Å². The van der Waals surface area contributed by atoms with E-state index >= 15 is 0 Å². The van der Waals surface area contributed by atoms with E-state index in [2.05, 4.69) is 20.1 Å². The first kappa shape index (κ1) is 20.7. The molecule has 18 radical (unpaired) electrons. The molecule has 4 rings (SSSR count). The molecule has 0 unspecified atom stereocenters. The highest BCUT2D eigenvalue weighted by Gasteiger charge is 2.69. The largest absolute Gasteiger partial charge is 0.346 e. The molecule has 0 aromatic carbocycles. The second kappa shape index (κ2) is 5.98. The average molecular weight is 356 g/mol. The van der Waals surface area contributed by atoms with Crippen LogP contribution in [0, 0.1) is 0 Å². The van der Waals surface area contributed by atoms with E-state index in [4.69, 9.17) is 70.6 Å². The molecule has 0 saturated heterocycles. The van der Waals surface area contributed by atoms with Crippen molar-refractivity contribution < 1.29 is 0 Å². The standard InChI is InChI=1S/C15H8B9N5/c16-11(12(17,18)14(21,22)15(23,24)13(11,19)20)5-29-4-7(3-28-29)9-8-1-2-25-10(8)27-6-26-9/h1-4,6H,5H2,(H,25,26,27). The number of H-pyrrole nitrogens is 1. The number of fused-ring (bicyclic) bond motifs is 1. The van der Waals surface area contributed by atoms with E-state index in [0.29, 0.717) is 16.9 Å². The van der Waals surface area contributed by atoms with Gasteiger partial charge in [-0.2, -0.15) is 5.10 Å². The van der Waals surface area contributed by atoms with Crippen LogP contribution in [0.15, 0.2) is 31.0 Å². The van der Waals surface area contributed by atoms with E-state index in [9.17, 15) is 0 Å². The first-order chi connectivity index (χ1) is 13.3. The van der Waals surface area contributed by atoms with Crippen molar-refractivity contribution in [1.29, 1.82) is 0 Å². The lowest BCUT2D eigenvalue weighted by Crippen LogP contribution is -2.42. The van der Waals surface area contributed by atoms with Crippen LogP contribution < -0.4 is 0 Å². The maximum Gasteiger partial charge on any atom is 0.141 e. The van der Waals surface area contributed by atoms with Crippen LogP contribution in [-0.2, 0) is 6.54 Å². The molecule has 3 aromatic heterocycles. The van der Waals surface area contributed by atoms with Gasteiger partial charge in [-0.25, -0.2) is 9.97 Å². The van der Waals surface area contributed by atoms with E-state index in [1.165, 1.54) is 11.0 Å². The highest BCUT2D eigenvalue weighted by atomic mass is 15.3.